The summed E-state index contributed by atoms with van der Waals surface area (Å²) < 4.78 is 43.1. The normalized spacial score (nSPS) is 17.1. The van der Waals surface area contributed by atoms with Crippen LogP contribution in [0.15, 0.2) is 6.07 Å². The van der Waals surface area contributed by atoms with Crippen LogP contribution in [0.4, 0.5) is 23.9 Å². The van der Waals surface area contributed by atoms with Crippen LogP contribution >= 0.6 is 11.3 Å². The number of nitrogens with one attached hydrogen (secondary N) is 1. The van der Waals surface area contributed by atoms with Gasteiger partial charge in [0.25, 0.3) is 0 Å². The van der Waals surface area contributed by atoms with E-state index in [1.807, 2.05) is 0 Å². The van der Waals surface area contributed by atoms with Crippen LogP contribution in [-0.4, -0.2) is 24.3 Å². The van der Waals surface area contributed by atoms with Crippen LogP contribution in [0.1, 0.15) is 29.4 Å². The lowest BCUT2D eigenvalue weighted by molar-refractivity contribution is -0.151. The molecule has 0 radical (unpaired) electrons. The highest BCUT2D eigenvalue weighted by Crippen LogP contribution is 2.52. The number of nitrogens with two attached hydrogens (primary N) is 1. The molecule has 4 nitrogen and oxygen atoms in total. The number of carbonyl (C=O) groups is 1. The first-order valence-corrected chi connectivity index (χ1v) is 6.52. The van der Waals surface area contributed by atoms with Crippen LogP contribution < -0.4 is 11.1 Å². The predicted molar refractivity (Wildman–Crippen MR) is 66.3 cm³/mol. The number of ether oxygens (including phenoxy) is 1. The number of nitrogen functional groups attached to an aromatic ring is 1. The second-order valence-electron chi connectivity index (χ2n) is 4.32. The summed E-state index contributed by atoms with van der Waals surface area (Å²) in [4.78, 5) is 11.6. The summed E-state index contributed by atoms with van der Waals surface area (Å²) in [6.45, 7) is 1.83. The highest BCUT2D eigenvalue weighted by Gasteiger charge is 2.63. The first kappa shape index (κ1) is 14.0. The highest BCUT2D eigenvalue weighted by molar-refractivity contribution is 7.18. The van der Waals surface area contributed by atoms with E-state index < -0.39 is 17.7 Å². The molecular formula is C11H13F3N2O2S. The quantitative estimate of drug-likeness (QED) is 0.838. The molecule has 0 aliphatic heterocycles. The van der Waals surface area contributed by atoms with Gasteiger partial charge in [0.05, 0.1) is 17.3 Å². The lowest BCUT2D eigenvalue weighted by Crippen LogP contribution is -2.38. The van der Waals surface area contributed by atoms with Crippen molar-refractivity contribution in [2.75, 3.05) is 17.7 Å². The SMILES string of the molecule is CCOC(=O)c1sc(NC2(C(F)(F)F)CC2)cc1N. The fourth-order valence-electron chi connectivity index (χ4n) is 1.66. The summed E-state index contributed by atoms with van der Waals surface area (Å²) >= 11 is 0.880. The smallest absolute Gasteiger partial charge is 0.411 e. The van der Waals surface area contributed by atoms with Crippen molar-refractivity contribution in [3.8, 4) is 0 Å². The number of halogens is 3. The summed E-state index contributed by atoms with van der Waals surface area (Å²) in [7, 11) is 0. The molecule has 1 aromatic heterocycles. The minimum Gasteiger partial charge on any atom is -0.462 e. The standard InChI is InChI=1S/C11H13F3N2O2S/c1-2-18-9(17)8-6(15)5-7(19-8)16-10(3-4-10)11(12,13)14/h5,16H,2-4,15H2,1H3. The molecule has 0 atom stereocenters. The Morgan fingerprint density at radius 3 is 2.68 bits per heavy atom. The Kier molecular flexibility index (Phi) is 3.38. The van der Waals surface area contributed by atoms with Crippen molar-refractivity contribution < 1.29 is 22.7 Å². The molecule has 1 fully saturated rings. The van der Waals surface area contributed by atoms with Gasteiger partial charge in [-0.1, -0.05) is 0 Å². The van der Waals surface area contributed by atoms with Crippen molar-refractivity contribution in [1.29, 1.82) is 0 Å². The Labute approximate surface area is 111 Å². The van der Waals surface area contributed by atoms with Crippen molar-refractivity contribution >= 4 is 28.0 Å². The first-order valence-electron chi connectivity index (χ1n) is 5.70. The van der Waals surface area contributed by atoms with E-state index in [2.05, 4.69) is 5.32 Å². The maximum absolute atomic E-state index is 12.8. The van der Waals surface area contributed by atoms with Crippen molar-refractivity contribution in [2.24, 2.45) is 0 Å². The fourth-order valence-corrected chi connectivity index (χ4v) is 2.63. The lowest BCUT2D eigenvalue weighted by Gasteiger charge is -2.20. The van der Waals surface area contributed by atoms with Crippen LogP contribution in [0.25, 0.3) is 0 Å². The number of thiophene rings is 1. The van der Waals surface area contributed by atoms with E-state index in [4.69, 9.17) is 10.5 Å². The van der Waals surface area contributed by atoms with Gasteiger partial charge in [-0.2, -0.15) is 13.2 Å². The van der Waals surface area contributed by atoms with E-state index in [9.17, 15) is 18.0 Å². The molecule has 8 heteroatoms. The molecule has 0 saturated heterocycles. The topological polar surface area (TPSA) is 64.3 Å². The van der Waals surface area contributed by atoms with Gasteiger partial charge in [0, 0.05) is 0 Å². The molecule has 0 aromatic carbocycles. The average Bonchev–Trinajstić information content (AvgIpc) is 2.97. The monoisotopic (exact) mass is 294 g/mol. The van der Waals surface area contributed by atoms with Gasteiger partial charge in [-0.15, -0.1) is 11.3 Å². The van der Waals surface area contributed by atoms with Crippen LogP contribution in [0.3, 0.4) is 0 Å². The van der Waals surface area contributed by atoms with Gasteiger partial charge in [-0.05, 0) is 25.8 Å². The van der Waals surface area contributed by atoms with Gasteiger partial charge in [0.15, 0.2) is 0 Å². The summed E-state index contributed by atoms with van der Waals surface area (Å²) in [5, 5.41) is 2.67. The first-order chi connectivity index (χ1) is 8.79. The molecule has 0 bridgehead atoms. The molecule has 1 saturated carbocycles. The Morgan fingerprint density at radius 1 is 1.58 bits per heavy atom. The van der Waals surface area contributed by atoms with Gasteiger partial charge in [0.1, 0.15) is 10.4 Å². The summed E-state index contributed by atoms with van der Waals surface area (Å²) in [6.07, 6.45) is -4.25. The summed E-state index contributed by atoms with van der Waals surface area (Å²) in [5.41, 5.74) is 3.87. The maximum Gasteiger partial charge on any atom is 0.411 e. The fraction of sp³-hybridized carbons (Fsp3) is 0.545. The Morgan fingerprint density at radius 2 is 2.21 bits per heavy atom. The van der Waals surface area contributed by atoms with Crippen LogP contribution in [0.5, 0.6) is 0 Å². The van der Waals surface area contributed by atoms with Crippen molar-refractivity contribution in [3.63, 3.8) is 0 Å². The summed E-state index contributed by atoms with van der Waals surface area (Å²) in [5.74, 6) is -0.616. The van der Waals surface area contributed by atoms with Crippen molar-refractivity contribution in [3.05, 3.63) is 10.9 Å². The predicted octanol–water partition coefficient (Wildman–Crippen LogP) is 3.01. The van der Waals surface area contributed by atoms with Gasteiger partial charge >= 0.3 is 12.1 Å². The van der Waals surface area contributed by atoms with Crippen molar-refractivity contribution in [2.45, 2.75) is 31.5 Å². The van der Waals surface area contributed by atoms with Gasteiger partial charge < -0.3 is 15.8 Å². The molecule has 2 rings (SSSR count). The second kappa shape index (κ2) is 4.59. The minimum absolute atomic E-state index is 0.0308. The van der Waals surface area contributed by atoms with Crippen molar-refractivity contribution in [1.82, 2.24) is 0 Å². The molecule has 1 aliphatic rings. The molecule has 0 spiro atoms. The molecule has 106 valence electrons. The van der Waals surface area contributed by atoms with E-state index >= 15 is 0 Å². The third-order valence-corrected chi connectivity index (χ3v) is 3.92. The van der Waals surface area contributed by atoms with E-state index in [0.29, 0.717) is 0 Å². The maximum atomic E-state index is 12.8. The third kappa shape index (κ3) is 2.63. The Balaban J connectivity index is 2.15. The number of hydrogen-bond donors (Lipinski definition) is 2. The molecule has 0 amide bonds. The second-order valence-corrected chi connectivity index (χ2v) is 5.37. The third-order valence-electron chi connectivity index (χ3n) is 2.88. The molecule has 1 heterocycles. The molecule has 19 heavy (non-hydrogen) atoms. The van der Waals surface area contributed by atoms with Gasteiger partial charge in [-0.25, -0.2) is 4.79 Å². The zero-order valence-electron chi connectivity index (χ0n) is 10.1. The van der Waals surface area contributed by atoms with Gasteiger partial charge in [-0.3, -0.25) is 0 Å². The Hall–Kier alpha value is -1.44. The van der Waals surface area contributed by atoms with Crippen LogP contribution in [-0.2, 0) is 4.74 Å². The largest absolute Gasteiger partial charge is 0.462 e. The zero-order valence-corrected chi connectivity index (χ0v) is 11.0. The number of rotatable bonds is 4. The molecule has 3 N–H and O–H groups in total. The highest BCUT2D eigenvalue weighted by atomic mass is 32.1. The van der Waals surface area contributed by atoms with E-state index in [1.165, 1.54) is 6.07 Å². The van der Waals surface area contributed by atoms with E-state index in [1.54, 1.807) is 6.92 Å². The number of hydrogen-bond acceptors (Lipinski definition) is 5. The summed E-state index contributed by atoms with van der Waals surface area (Å²) in [6, 6.07) is 1.34. The Bertz CT molecular complexity index is 495. The average molecular weight is 294 g/mol. The molecule has 1 aliphatic carbocycles. The number of anilines is 2. The van der Waals surface area contributed by atoms with E-state index in [0.717, 1.165) is 11.3 Å². The van der Waals surface area contributed by atoms with Crippen LogP contribution in [0, 0.1) is 0 Å². The van der Waals surface area contributed by atoms with Gasteiger partial charge in [0.2, 0.25) is 0 Å². The molecule has 1 aromatic rings. The number of carbonyl (C=O) groups excluding carboxylic acids is 1. The van der Waals surface area contributed by atoms with E-state index in [-0.39, 0.29) is 35.0 Å². The van der Waals surface area contributed by atoms with Crippen LogP contribution in [0.2, 0.25) is 0 Å². The minimum atomic E-state index is -4.31. The number of alkyl halides is 3. The number of esters is 1. The zero-order chi connectivity index (χ0) is 14.3. The molecule has 0 unspecified atom stereocenters. The lowest BCUT2D eigenvalue weighted by atomic mass is 10.2. The molecular weight excluding hydrogens is 281 g/mol.